The summed E-state index contributed by atoms with van der Waals surface area (Å²) in [6.45, 7) is 9.90. The van der Waals surface area contributed by atoms with E-state index in [-0.39, 0.29) is 18.7 Å². The van der Waals surface area contributed by atoms with Crippen LogP contribution in [0.5, 0.6) is 0 Å². The lowest BCUT2D eigenvalue weighted by atomic mass is 9.94. The van der Waals surface area contributed by atoms with Crippen molar-refractivity contribution in [3.63, 3.8) is 0 Å². The number of carbonyl (C=O) groups is 1. The molecule has 0 aliphatic carbocycles. The van der Waals surface area contributed by atoms with E-state index in [2.05, 4.69) is 13.8 Å². The zero-order valence-electron chi connectivity index (χ0n) is 12.7. The first-order valence-electron chi connectivity index (χ1n) is 6.79. The van der Waals surface area contributed by atoms with Crippen LogP contribution in [-0.2, 0) is 4.74 Å². The van der Waals surface area contributed by atoms with Crippen LogP contribution in [0.1, 0.15) is 53.9 Å². The average Bonchev–Trinajstić information content (AvgIpc) is 2.22. The van der Waals surface area contributed by atoms with Crippen molar-refractivity contribution in [1.82, 2.24) is 4.90 Å². The number of ether oxygens (including phenoxy) is 1. The molecule has 0 spiro atoms. The number of nitrogens with zero attached hydrogens (tertiary/aromatic N) is 1. The topological polar surface area (TPSA) is 49.8 Å². The zero-order valence-corrected chi connectivity index (χ0v) is 12.7. The van der Waals surface area contributed by atoms with Gasteiger partial charge in [-0.1, -0.05) is 20.3 Å². The zero-order chi connectivity index (χ0) is 14.3. The van der Waals surface area contributed by atoms with Gasteiger partial charge in [-0.05, 0) is 39.5 Å². The molecule has 0 bridgehead atoms. The molecule has 0 saturated heterocycles. The SMILES string of the molecule is CCCC(C)C(CCO)N(C)C(=O)OC(C)(C)C. The molecule has 0 aliphatic rings. The quantitative estimate of drug-likeness (QED) is 0.797. The predicted octanol–water partition coefficient (Wildman–Crippen LogP) is 3.04. The van der Waals surface area contributed by atoms with E-state index in [4.69, 9.17) is 9.84 Å². The highest BCUT2D eigenvalue weighted by atomic mass is 16.6. The average molecular weight is 259 g/mol. The fraction of sp³-hybridized carbons (Fsp3) is 0.929. The Kier molecular flexibility index (Phi) is 7.29. The molecule has 0 rings (SSSR count). The van der Waals surface area contributed by atoms with Crippen molar-refractivity contribution in [3.05, 3.63) is 0 Å². The smallest absolute Gasteiger partial charge is 0.410 e. The minimum absolute atomic E-state index is 0.0322. The van der Waals surface area contributed by atoms with Gasteiger partial charge in [0, 0.05) is 19.7 Å². The Hall–Kier alpha value is -0.770. The summed E-state index contributed by atoms with van der Waals surface area (Å²) in [5.41, 5.74) is -0.483. The largest absolute Gasteiger partial charge is 0.444 e. The minimum atomic E-state index is -0.483. The molecule has 0 saturated carbocycles. The van der Waals surface area contributed by atoms with Crippen LogP contribution in [0.2, 0.25) is 0 Å². The highest BCUT2D eigenvalue weighted by molar-refractivity contribution is 5.68. The molecule has 0 aromatic rings. The number of carbonyl (C=O) groups excluding carboxylic acids is 1. The molecule has 2 unspecified atom stereocenters. The summed E-state index contributed by atoms with van der Waals surface area (Å²) in [6, 6.07) is 0.0322. The van der Waals surface area contributed by atoms with Crippen LogP contribution in [0.3, 0.4) is 0 Å². The van der Waals surface area contributed by atoms with Gasteiger partial charge in [-0.2, -0.15) is 0 Å². The van der Waals surface area contributed by atoms with Crippen LogP contribution in [0.15, 0.2) is 0 Å². The maximum atomic E-state index is 12.0. The number of aliphatic hydroxyl groups is 1. The number of hydrogen-bond donors (Lipinski definition) is 1. The van der Waals surface area contributed by atoms with E-state index in [1.165, 1.54) is 0 Å². The molecule has 18 heavy (non-hydrogen) atoms. The summed E-state index contributed by atoms with van der Waals surface area (Å²) in [5, 5.41) is 9.14. The van der Waals surface area contributed by atoms with Crippen LogP contribution >= 0.6 is 0 Å². The molecular formula is C14H29NO3. The normalized spacial score (nSPS) is 15.1. The lowest BCUT2D eigenvalue weighted by Gasteiger charge is -2.34. The Bertz CT molecular complexity index is 248. The molecule has 4 heteroatoms. The lowest BCUT2D eigenvalue weighted by molar-refractivity contribution is 0.0138. The molecule has 4 nitrogen and oxygen atoms in total. The number of amides is 1. The standard InChI is InChI=1S/C14H29NO3/c1-7-8-11(2)12(9-10-16)15(6)13(17)18-14(3,4)5/h11-12,16H,7-10H2,1-6H3. The molecule has 1 amide bonds. The van der Waals surface area contributed by atoms with Gasteiger partial charge in [0.15, 0.2) is 0 Å². The fourth-order valence-corrected chi connectivity index (χ4v) is 2.11. The van der Waals surface area contributed by atoms with Gasteiger partial charge in [-0.3, -0.25) is 0 Å². The molecule has 0 aromatic heterocycles. The van der Waals surface area contributed by atoms with Crippen molar-refractivity contribution in [1.29, 1.82) is 0 Å². The van der Waals surface area contributed by atoms with Crippen molar-refractivity contribution in [2.24, 2.45) is 5.92 Å². The van der Waals surface area contributed by atoms with Gasteiger partial charge in [0.1, 0.15) is 5.60 Å². The van der Waals surface area contributed by atoms with E-state index in [1.54, 1.807) is 11.9 Å². The highest BCUT2D eigenvalue weighted by Gasteiger charge is 2.28. The molecule has 2 atom stereocenters. The molecule has 0 aromatic carbocycles. The summed E-state index contributed by atoms with van der Waals surface area (Å²) < 4.78 is 5.36. The summed E-state index contributed by atoms with van der Waals surface area (Å²) in [4.78, 5) is 13.6. The van der Waals surface area contributed by atoms with Crippen molar-refractivity contribution < 1.29 is 14.6 Å². The van der Waals surface area contributed by atoms with Crippen LogP contribution < -0.4 is 0 Å². The summed E-state index contributed by atoms with van der Waals surface area (Å²) in [6.07, 6.45) is 2.39. The van der Waals surface area contributed by atoms with Gasteiger partial charge in [0.05, 0.1) is 0 Å². The minimum Gasteiger partial charge on any atom is -0.444 e. The third-order valence-corrected chi connectivity index (χ3v) is 3.00. The van der Waals surface area contributed by atoms with Gasteiger partial charge >= 0.3 is 6.09 Å². The van der Waals surface area contributed by atoms with Crippen molar-refractivity contribution in [2.75, 3.05) is 13.7 Å². The molecule has 0 heterocycles. The van der Waals surface area contributed by atoms with Crippen LogP contribution in [0.25, 0.3) is 0 Å². The number of hydrogen-bond acceptors (Lipinski definition) is 3. The Balaban J connectivity index is 4.64. The molecular weight excluding hydrogens is 230 g/mol. The Morgan fingerprint density at radius 2 is 1.89 bits per heavy atom. The Morgan fingerprint density at radius 3 is 2.28 bits per heavy atom. The van der Waals surface area contributed by atoms with E-state index in [0.29, 0.717) is 12.3 Å². The van der Waals surface area contributed by atoms with E-state index in [1.807, 2.05) is 20.8 Å². The molecule has 1 N–H and O–H groups in total. The summed E-state index contributed by atoms with van der Waals surface area (Å²) in [5.74, 6) is 0.361. The van der Waals surface area contributed by atoms with Gasteiger partial charge in [-0.25, -0.2) is 4.79 Å². The highest BCUT2D eigenvalue weighted by Crippen LogP contribution is 2.20. The van der Waals surface area contributed by atoms with Gasteiger partial charge in [0.2, 0.25) is 0 Å². The van der Waals surface area contributed by atoms with Crippen molar-refractivity contribution in [3.8, 4) is 0 Å². The second-order valence-corrected chi connectivity index (χ2v) is 5.94. The first-order chi connectivity index (χ1) is 8.22. The Morgan fingerprint density at radius 1 is 1.33 bits per heavy atom. The van der Waals surface area contributed by atoms with Crippen LogP contribution in [0, 0.1) is 5.92 Å². The van der Waals surface area contributed by atoms with E-state index in [9.17, 15) is 4.79 Å². The maximum Gasteiger partial charge on any atom is 0.410 e. The number of rotatable bonds is 6. The van der Waals surface area contributed by atoms with E-state index >= 15 is 0 Å². The van der Waals surface area contributed by atoms with Gasteiger partial charge in [-0.15, -0.1) is 0 Å². The van der Waals surface area contributed by atoms with E-state index < -0.39 is 5.60 Å². The van der Waals surface area contributed by atoms with Gasteiger partial charge in [0.25, 0.3) is 0 Å². The van der Waals surface area contributed by atoms with Crippen molar-refractivity contribution in [2.45, 2.75) is 65.5 Å². The molecule has 0 fully saturated rings. The number of aliphatic hydroxyl groups excluding tert-OH is 1. The second kappa shape index (κ2) is 7.62. The van der Waals surface area contributed by atoms with Crippen LogP contribution in [-0.4, -0.2) is 41.4 Å². The first kappa shape index (κ1) is 17.2. The Labute approximate surface area is 111 Å². The third-order valence-electron chi connectivity index (χ3n) is 3.00. The molecule has 0 radical (unpaired) electrons. The van der Waals surface area contributed by atoms with E-state index in [0.717, 1.165) is 12.8 Å². The predicted molar refractivity (Wildman–Crippen MR) is 73.6 cm³/mol. The maximum absolute atomic E-state index is 12.0. The van der Waals surface area contributed by atoms with Crippen LogP contribution in [0.4, 0.5) is 4.79 Å². The fourth-order valence-electron chi connectivity index (χ4n) is 2.11. The van der Waals surface area contributed by atoms with Gasteiger partial charge < -0.3 is 14.7 Å². The second-order valence-electron chi connectivity index (χ2n) is 5.94. The molecule has 108 valence electrons. The first-order valence-corrected chi connectivity index (χ1v) is 6.79. The summed E-state index contributed by atoms with van der Waals surface area (Å²) >= 11 is 0. The molecule has 0 aliphatic heterocycles. The lowest BCUT2D eigenvalue weighted by Crippen LogP contribution is -2.44. The third kappa shape index (κ3) is 6.24. The van der Waals surface area contributed by atoms with Crippen molar-refractivity contribution >= 4 is 6.09 Å². The summed E-state index contributed by atoms with van der Waals surface area (Å²) in [7, 11) is 1.75. The monoisotopic (exact) mass is 259 g/mol.